The van der Waals surface area contributed by atoms with Crippen molar-refractivity contribution in [2.75, 3.05) is 13.6 Å². The zero-order valence-electron chi connectivity index (χ0n) is 15.5. The van der Waals surface area contributed by atoms with Gasteiger partial charge in [-0.2, -0.15) is 0 Å². The molecule has 0 bridgehead atoms. The van der Waals surface area contributed by atoms with Crippen LogP contribution in [0, 0.1) is 18.8 Å². The number of aryl methyl sites for hydroxylation is 1. The summed E-state index contributed by atoms with van der Waals surface area (Å²) in [6.07, 6.45) is 2.10. The topological polar surface area (TPSA) is 66.3 Å². The standard InChI is InChI=1S/C22H18BrN3O2/c1-14-20-17(18(23)13-24-14)6-7-19(25-20)16-5-3-4-15(12-16)8-9-22(28)10-11-26(2)21(22)27/h3-7,12-13,28H,10-11H2,1-2H3. The van der Waals surface area contributed by atoms with Crippen LogP contribution in [0.25, 0.3) is 22.2 Å². The average molecular weight is 436 g/mol. The van der Waals surface area contributed by atoms with E-state index in [9.17, 15) is 9.90 Å². The fraction of sp³-hybridized carbons (Fsp3) is 0.227. The average Bonchev–Trinajstić information content (AvgIpc) is 2.97. The highest BCUT2D eigenvalue weighted by Gasteiger charge is 2.42. The number of hydrogen-bond acceptors (Lipinski definition) is 4. The molecule has 2 aromatic heterocycles. The predicted octanol–water partition coefficient (Wildman–Crippen LogP) is 3.31. The molecule has 1 unspecified atom stereocenters. The molecule has 6 heteroatoms. The molecular formula is C22H18BrN3O2. The predicted molar refractivity (Wildman–Crippen MR) is 111 cm³/mol. The molecule has 1 aromatic carbocycles. The van der Waals surface area contributed by atoms with E-state index in [4.69, 9.17) is 4.98 Å². The number of carbonyl (C=O) groups excluding carboxylic acids is 1. The fourth-order valence-corrected chi connectivity index (χ4v) is 3.70. The van der Waals surface area contributed by atoms with E-state index in [0.717, 1.165) is 37.9 Å². The lowest BCUT2D eigenvalue weighted by Gasteiger charge is -2.13. The minimum Gasteiger partial charge on any atom is -0.369 e. The Labute approximate surface area is 171 Å². The highest BCUT2D eigenvalue weighted by molar-refractivity contribution is 9.10. The van der Waals surface area contributed by atoms with Gasteiger partial charge >= 0.3 is 0 Å². The van der Waals surface area contributed by atoms with Crippen LogP contribution in [0.15, 0.2) is 47.1 Å². The smallest absolute Gasteiger partial charge is 0.267 e. The van der Waals surface area contributed by atoms with E-state index in [0.29, 0.717) is 13.0 Å². The van der Waals surface area contributed by atoms with E-state index in [1.807, 2.05) is 43.3 Å². The van der Waals surface area contributed by atoms with E-state index in [1.54, 1.807) is 13.2 Å². The van der Waals surface area contributed by atoms with Crippen LogP contribution in [0.5, 0.6) is 0 Å². The third kappa shape index (κ3) is 3.28. The van der Waals surface area contributed by atoms with Crippen molar-refractivity contribution in [3.63, 3.8) is 0 Å². The van der Waals surface area contributed by atoms with Crippen molar-refractivity contribution in [3.05, 3.63) is 58.3 Å². The van der Waals surface area contributed by atoms with Crippen molar-refractivity contribution in [2.24, 2.45) is 0 Å². The maximum Gasteiger partial charge on any atom is 0.267 e. The number of benzene rings is 1. The van der Waals surface area contributed by atoms with Crippen LogP contribution in [0.1, 0.15) is 17.7 Å². The number of amides is 1. The summed E-state index contributed by atoms with van der Waals surface area (Å²) in [5.74, 6) is 5.36. The quantitative estimate of drug-likeness (QED) is 0.595. The molecule has 1 N–H and O–H groups in total. The minimum atomic E-state index is -1.60. The van der Waals surface area contributed by atoms with Gasteiger partial charge < -0.3 is 10.0 Å². The number of likely N-dealkylation sites (tertiary alicyclic amines) is 1. The number of pyridine rings is 2. The van der Waals surface area contributed by atoms with Gasteiger partial charge in [-0.1, -0.05) is 24.0 Å². The molecule has 28 heavy (non-hydrogen) atoms. The van der Waals surface area contributed by atoms with E-state index < -0.39 is 5.60 Å². The summed E-state index contributed by atoms with van der Waals surface area (Å²) in [6.45, 7) is 2.44. The van der Waals surface area contributed by atoms with Crippen molar-refractivity contribution < 1.29 is 9.90 Å². The summed E-state index contributed by atoms with van der Waals surface area (Å²) >= 11 is 3.51. The van der Waals surface area contributed by atoms with Gasteiger partial charge in [0.05, 0.1) is 16.9 Å². The van der Waals surface area contributed by atoms with Crippen molar-refractivity contribution in [2.45, 2.75) is 18.9 Å². The summed E-state index contributed by atoms with van der Waals surface area (Å²) < 4.78 is 0.909. The van der Waals surface area contributed by atoms with Gasteiger partial charge in [-0.25, -0.2) is 4.98 Å². The molecule has 0 spiro atoms. The largest absolute Gasteiger partial charge is 0.369 e. The molecule has 1 saturated heterocycles. The van der Waals surface area contributed by atoms with Crippen LogP contribution in [0.4, 0.5) is 0 Å². The number of halogens is 1. The molecule has 0 saturated carbocycles. The van der Waals surface area contributed by atoms with Crippen molar-refractivity contribution >= 4 is 32.7 Å². The Morgan fingerprint density at radius 2 is 2.11 bits per heavy atom. The van der Waals surface area contributed by atoms with Gasteiger partial charge in [0.2, 0.25) is 5.60 Å². The molecule has 0 radical (unpaired) electrons. The lowest BCUT2D eigenvalue weighted by molar-refractivity contribution is -0.137. The highest BCUT2D eigenvalue weighted by Crippen LogP contribution is 2.27. The number of fused-ring (bicyclic) bond motifs is 1. The molecule has 1 fully saturated rings. The summed E-state index contributed by atoms with van der Waals surface area (Å²) in [7, 11) is 1.67. The summed E-state index contributed by atoms with van der Waals surface area (Å²) in [5, 5.41) is 11.5. The molecule has 3 aromatic rings. The molecule has 1 aliphatic rings. The second-order valence-electron chi connectivity index (χ2n) is 6.95. The monoisotopic (exact) mass is 435 g/mol. The van der Waals surface area contributed by atoms with E-state index in [2.05, 4.69) is 32.8 Å². The molecule has 1 amide bonds. The summed E-state index contributed by atoms with van der Waals surface area (Å²) in [6, 6.07) is 11.6. The Kier molecular flexibility index (Phi) is 4.66. The van der Waals surface area contributed by atoms with Crippen LogP contribution in [-0.2, 0) is 4.79 Å². The van der Waals surface area contributed by atoms with Crippen molar-refractivity contribution in [1.82, 2.24) is 14.9 Å². The normalized spacial score (nSPS) is 19.0. The number of nitrogens with zero attached hydrogens (tertiary/aromatic N) is 3. The number of rotatable bonds is 1. The van der Waals surface area contributed by atoms with Gasteiger partial charge in [-0.3, -0.25) is 9.78 Å². The third-order valence-electron chi connectivity index (χ3n) is 4.95. The zero-order chi connectivity index (χ0) is 19.9. The molecule has 1 atom stereocenters. The maximum absolute atomic E-state index is 12.1. The Morgan fingerprint density at radius 3 is 2.86 bits per heavy atom. The Balaban J connectivity index is 1.71. The maximum atomic E-state index is 12.1. The second kappa shape index (κ2) is 7.01. The Bertz CT molecular complexity index is 1170. The zero-order valence-corrected chi connectivity index (χ0v) is 17.1. The number of hydrogen-bond donors (Lipinski definition) is 1. The van der Waals surface area contributed by atoms with Gasteiger partial charge in [-0.15, -0.1) is 0 Å². The molecular weight excluding hydrogens is 418 g/mol. The van der Waals surface area contributed by atoms with Crippen LogP contribution >= 0.6 is 15.9 Å². The summed E-state index contributed by atoms with van der Waals surface area (Å²) in [4.78, 5) is 22.7. The first-order chi connectivity index (χ1) is 13.4. The first-order valence-corrected chi connectivity index (χ1v) is 9.70. The fourth-order valence-electron chi connectivity index (χ4n) is 3.27. The molecule has 0 aliphatic carbocycles. The summed E-state index contributed by atoms with van der Waals surface area (Å²) in [5.41, 5.74) is 2.56. The third-order valence-corrected chi connectivity index (χ3v) is 5.58. The number of likely N-dealkylation sites (N-methyl/N-ethyl adjacent to an activating group) is 1. The van der Waals surface area contributed by atoms with Gasteiger partial charge in [0.1, 0.15) is 0 Å². The molecule has 140 valence electrons. The first-order valence-electron chi connectivity index (χ1n) is 8.91. The van der Waals surface area contributed by atoms with Crippen molar-refractivity contribution in [3.8, 4) is 23.1 Å². The second-order valence-corrected chi connectivity index (χ2v) is 7.81. The van der Waals surface area contributed by atoms with Crippen LogP contribution in [0.2, 0.25) is 0 Å². The lowest BCUT2D eigenvalue weighted by Crippen LogP contribution is -2.37. The van der Waals surface area contributed by atoms with E-state index in [1.165, 1.54) is 4.90 Å². The Morgan fingerprint density at radius 1 is 1.29 bits per heavy atom. The van der Waals surface area contributed by atoms with Gasteiger partial charge in [-0.05, 0) is 47.1 Å². The molecule has 1 aliphatic heterocycles. The minimum absolute atomic E-state index is 0.322. The number of aromatic nitrogens is 2. The van der Waals surface area contributed by atoms with Crippen molar-refractivity contribution in [1.29, 1.82) is 0 Å². The molecule has 3 heterocycles. The molecule has 5 nitrogen and oxygen atoms in total. The van der Waals surface area contributed by atoms with Gasteiger partial charge in [0, 0.05) is 47.2 Å². The number of aliphatic hydroxyl groups is 1. The molecule has 4 rings (SSSR count). The number of carbonyl (C=O) groups is 1. The van der Waals surface area contributed by atoms with Gasteiger partial charge in [0.15, 0.2) is 0 Å². The van der Waals surface area contributed by atoms with Crippen LogP contribution in [-0.4, -0.2) is 45.1 Å². The van der Waals surface area contributed by atoms with Crippen LogP contribution < -0.4 is 0 Å². The Hall–Kier alpha value is -2.75. The highest BCUT2D eigenvalue weighted by atomic mass is 79.9. The van der Waals surface area contributed by atoms with Crippen LogP contribution in [0.3, 0.4) is 0 Å². The lowest BCUT2D eigenvalue weighted by atomic mass is 10.0. The van der Waals surface area contributed by atoms with Gasteiger partial charge in [0.25, 0.3) is 5.91 Å². The van der Waals surface area contributed by atoms with E-state index >= 15 is 0 Å². The van der Waals surface area contributed by atoms with E-state index in [-0.39, 0.29) is 5.91 Å². The SMILES string of the molecule is Cc1ncc(Br)c2ccc(-c3cccc(C#CC4(O)CCN(C)C4=O)c3)nc12. The first kappa shape index (κ1) is 18.6.